The van der Waals surface area contributed by atoms with Crippen LogP contribution in [0.25, 0.3) is 0 Å². The second-order valence-electron chi connectivity index (χ2n) is 5.19. The normalized spacial score (nSPS) is 19.3. The molecule has 1 aliphatic rings. The summed E-state index contributed by atoms with van der Waals surface area (Å²) < 4.78 is 4.84. The van der Waals surface area contributed by atoms with Gasteiger partial charge in [0.1, 0.15) is 0 Å². The molecule has 0 aromatic rings. The van der Waals surface area contributed by atoms with E-state index >= 15 is 0 Å². The van der Waals surface area contributed by atoms with Gasteiger partial charge in [0, 0.05) is 13.1 Å². The molecule has 3 nitrogen and oxygen atoms in total. The maximum absolute atomic E-state index is 11.7. The number of carbonyl (C=O) groups is 1. The van der Waals surface area contributed by atoms with E-state index in [4.69, 9.17) is 4.74 Å². The Balaban J connectivity index is 3.07. The molecule has 0 saturated heterocycles. The van der Waals surface area contributed by atoms with E-state index in [1.54, 1.807) is 0 Å². The van der Waals surface area contributed by atoms with Crippen molar-refractivity contribution in [3.63, 3.8) is 0 Å². The first-order valence-electron chi connectivity index (χ1n) is 5.35. The molecule has 1 heterocycles. The summed E-state index contributed by atoms with van der Waals surface area (Å²) in [4.78, 5) is 13.8. The molecule has 0 atom stereocenters. The summed E-state index contributed by atoms with van der Waals surface area (Å²) in [6, 6.07) is 0. The molecule has 0 unspecified atom stereocenters. The summed E-state index contributed by atoms with van der Waals surface area (Å²) in [6.45, 7) is 8.18. The smallest absolute Gasteiger partial charge is 0.335 e. The van der Waals surface area contributed by atoms with Gasteiger partial charge in [0.25, 0.3) is 0 Å². The van der Waals surface area contributed by atoms with Gasteiger partial charge in [0.05, 0.1) is 12.7 Å². The van der Waals surface area contributed by atoms with E-state index in [0.717, 1.165) is 18.5 Å². The topological polar surface area (TPSA) is 29.5 Å². The molecule has 0 spiro atoms. The summed E-state index contributed by atoms with van der Waals surface area (Å²) in [7, 11) is 3.48. The second-order valence-corrected chi connectivity index (χ2v) is 5.19. The predicted octanol–water partition coefficient (Wildman–Crippen LogP) is 1.84. The van der Waals surface area contributed by atoms with Gasteiger partial charge in [-0.15, -0.1) is 0 Å². The van der Waals surface area contributed by atoms with Crippen LogP contribution >= 0.6 is 0 Å². The van der Waals surface area contributed by atoms with Crippen LogP contribution < -0.4 is 0 Å². The van der Waals surface area contributed by atoms with Crippen LogP contribution in [0.3, 0.4) is 0 Å². The monoisotopic (exact) mass is 211 g/mol. The van der Waals surface area contributed by atoms with Gasteiger partial charge in [-0.25, -0.2) is 4.79 Å². The Hall–Kier alpha value is -0.830. The number of carbonyl (C=O) groups excluding carboxylic acids is 1. The van der Waals surface area contributed by atoms with Gasteiger partial charge in [-0.05, 0) is 18.9 Å². The zero-order valence-corrected chi connectivity index (χ0v) is 10.4. The van der Waals surface area contributed by atoms with Gasteiger partial charge >= 0.3 is 5.97 Å². The summed E-state index contributed by atoms with van der Waals surface area (Å²) in [6.07, 6.45) is 0.963. The largest absolute Gasteiger partial charge is 0.466 e. The molecule has 0 aromatic heterocycles. The third kappa shape index (κ3) is 2.81. The number of nitrogens with zero attached hydrogens (tertiary/aromatic N) is 1. The second kappa shape index (κ2) is 4.35. The molecule has 0 fully saturated rings. The Morgan fingerprint density at radius 2 is 2.00 bits per heavy atom. The highest BCUT2D eigenvalue weighted by molar-refractivity contribution is 5.90. The van der Waals surface area contributed by atoms with Crippen molar-refractivity contribution in [3.05, 3.63) is 11.1 Å². The Labute approximate surface area is 92.1 Å². The maximum Gasteiger partial charge on any atom is 0.335 e. The van der Waals surface area contributed by atoms with Crippen molar-refractivity contribution in [1.29, 1.82) is 0 Å². The van der Waals surface area contributed by atoms with Crippen molar-refractivity contribution in [2.24, 2.45) is 5.41 Å². The Morgan fingerprint density at radius 1 is 1.40 bits per heavy atom. The van der Waals surface area contributed by atoms with Gasteiger partial charge in [0.2, 0.25) is 0 Å². The van der Waals surface area contributed by atoms with E-state index in [2.05, 4.69) is 25.7 Å². The molecule has 86 valence electrons. The fourth-order valence-corrected chi connectivity index (χ4v) is 2.04. The first-order valence-corrected chi connectivity index (χ1v) is 5.35. The summed E-state index contributed by atoms with van der Waals surface area (Å²) in [5.41, 5.74) is 2.15. The third-order valence-corrected chi connectivity index (χ3v) is 2.87. The minimum Gasteiger partial charge on any atom is -0.466 e. The van der Waals surface area contributed by atoms with Gasteiger partial charge in [0.15, 0.2) is 0 Å². The van der Waals surface area contributed by atoms with Crippen molar-refractivity contribution in [1.82, 2.24) is 4.90 Å². The highest BCUT2D eigenvalue weighted by Crippen LogP contribution is 2.33. The number of rotatable bonds is 1. The molecule has 0 N–H and O–H groups in total. The molecule has 0 aromatic carbocycles. The molecular weight excluding hydrogens is 190 g/mol. The van der Waals surface area contributed by atoms with Crippen molar-refractivity contribution >= 4 is 5.97 Å². The number of hydrogen-bond acceptors (Lipinski definition) is 3. The number of methoxy groups -OCH3 is 1. The minimum absolute atomic E-state index is 0.0603. The predicted molar refractivity (Wildman–Crippen MR) is 60.6 cm³/mol. The van der Waals surface area contributed by atoms with Crippen LogP contribution in [0.5, 0.6) is 0 Å². The zero-order chi connectivity index (χ0) is 11.6. The quantitative estimate of drug-likeness (QED) is 0.620. The SMILES string of the molecule is COC(=O)C1=C(C(C)(C)C)CCN(C)C1. The summed E-state index contributed by atoms with van der Waals surface area (Å²) >= 11 is 0. The lowest BCUT2D eigenvalue weighted by Gasteiger charge is -2.33. The van der Waals surface area contributed by atoms with Crippen LogP contribution in [-0.4, -0.2) is 38.1 Å². The van der Waals surface area contributed by atoms with Crippen LogP contribution in [-0.2, 0) is 9.53 Å². The molecule has 3 heteroatoms. The standard InChI is InChI=1S/C12H21NO2/c1-12(2,3)10-6-7-13(4)8-9(10)11(14)15-5/h6-8H2,1-5H3. The van der Waals surface area contributed by atoms with E-state index < -0.39 is 0 Å². The fourth-order valence-electron chi connectivity index (χ4n) is 2.04. The maximum atomic E-state index is 11.7. The Morgan fingerprint density at radius 3 is 2.47 bits per heavy atom. The minimum atomic E-state index is -0.175. The lowest BCUT2D eigenvalue weighted by molar-refractivity contribution is -0.136. The molecular formula is C12H21NO2. The van der Waals surface area contributed by atoms with Crippen molar-refractivity contribution in [2.45, 2.75) is 27.2 Å². The zero-order valence-electron chi connectivity index (χ0n) is 10.4. The number of likely N-dealkylation sites (N-methyl/N-ethyl adjacent to an activating group) is 1. The first kappa shape index (κ1) is 12.2. The molecule has 0 radical (unpaired) electrons. The molecule has 0 amide bonds. The van der Waals surface area contributed by atoms with Crippen LogP contribution in [0.4, 0.5) is 0 Å². The summed E-state index contributed by atoms with van der Waals surface area (Å²) in [5, 5.41) is 0. The molecule has 15 heavy (non-hydrogen) atoms. The van der Waals surface area contributed by atoms with Crippen molar-refractivity contribution in [3.8, 4) is 0 Å². The van der Waals surface area contributed by atoms with Crippen LogP contribution in [0.2, 0.25) is 0 Å². The fraction of sp³-hybridized carbons (Fsp3) is 0.750. The van der Waals surface area contributed by atoms with E-state index in [1.807, 2.05) is 7.05 Å². The molecule has 1 aliphatic heterocycles. The van der Waals surface area contributed by atoms with E-state index in [-0.39, 0.29) is 11.4 Å². The van der Waals surface area contributed by atoms with Gasteiger partial charge in [-0.1, -0.05) is 26.3 Å². The average Bonchev–Trinajstić information content (AvgIpc) is 2.14. The molecule has 0 aliphatic carbocycles. The third-order valence-electron chi connectivity index (χ3n) is 2.87. The van der Waals surface area contributed by atoms with Gasteiger partial charge in [-0.3, -0.25) is 0 Å². The number of ether oxygens (including phenoxy) is 1. The Bertz CT molecular complexity index is 286. The highest BCUT2D eigenvalue weighted by atomic mass is 16.5. The van der Waals surface area contributed by atoms with E-state index in [0.29, 0.717) is 6.54 Å². The van der Waals surface area contributed by atoms with Crippen LogP contribution in [0.1, 0.15) is 27.2 Å². The van der Waals surface area contributed by atoms with Crippen LogP contribution in [0.15, 0.2) is 11.1 Å². The molecule has 1 rings (SSSR count). The number of esters is 1. The van der Waals surface area contributed by atoms with Gasteiger partial charge in [-0.2, -0.15) is 0 Å². The van der Waals surface area contributed by atoms with Gasteiger partial charge < -0.3 is 9.64 Å². The lowest BCUT2D eigenvalue weighted by Crippen LogP contribution is -2.34. The first-order chi connectivity index (χ1) is 6.86. The molecule has 0 bridgehead atoms. The average molecular weight is 211 g/mol. The molecule has 0 saturated carbocycles. The Kier molecular flexibility index (Phi) is 3.55. The number of hydrogen-bond donors (Lipinski definition) is 0. The highest BCUT2D eigenvalue weighted by Gasteiger charge is 2.29. The van der Waals surface area contributed by atoms with E-state index in [9.17, 15) is 4.79 Å². The summed E-state index contributed by atoms with van der Waals surface area (Å²) in [5.74, 6) is -0.175. The van der Waals surface area contributed by atoms with Crippen molar-refractivity contribution in [2.75, 3.05) is 27.2 Å². The van der Waals surface area contributed by atoms with Crippen LogP contribution in [0, 0.1) is 5.41 Å². The van der Waals surface area contributed by atoms with Crippen molar-refractivity contribution < 1.29 is 9.53 Å². The van der Waals surface area contributed by atoms with E-state index in [1.165, 1.54) is 12.7 Å². The lowest BCUT2D eigenvalue weighted by atomic mass is 9.79.